The Bertz CT molecular complexity index is 3540. The molecule has 0 saturated carbocycles. The lowest BCUT2D eigenvalue weighted by Gasteiger charge is -2.29. The Hall–Kier alpha value is -8.20. The summed E-state index contributed by atoms with van der Waals surface area (Å²) < 4.78 is 0. The van der Waals surface area contributed by atoms with Crippen molar-refractivity contribution in [2.24, 2.45) is 0 Å². The highest BCUT2D eigenvalue weighted by Gasteiger charge is 2.27. The van der Waals surface area contributed by atoms with Gasteiger partial charge in [0.25, 0.3) is 0 Å². The second kappa shape index (κ2) is 15.1. The summed E-state index contributed by atoms with van der Waals surface area (Å²) in [6.07, 6.45) is 2.42. The molecule has 2 nitrogen and oxygen atoms in total. The maximum Gasteiger partial charge on any atom is 0.160 e. The summed E-state index contributed by atoms with van der Waals surface area (Å²) in [5.74, 6) is 0.739. The van der Waals surface area contributed by atoms with E-state index in [0.717, 1.165) is 50.0 Å². The third-order valence-electron chi connectivity index (χ3n) is 12.9. The van der Waals surface area contributed by atoms with Crippen LogP contribution in [0.15, 0.2) is 231 Å². The van der Waals surface area contributed by atoms with Gasteiger partial charge in [0.15, 0.2) is 5.82 Å². The van der Waals surface area contributed by atoms with Crippen LogP contribution in [-0.4, -0.2) is 9.97 Å². The van der Waals surface area contributed by atoms with E-state index in [1.807, 2.05) is 0 Å². The second-order valence-electron chi connectivity index (χ2n) is 16.6. The van der Waals surface area contributed by atoms with E-state index < -0.39 is 0 Å². The van der Waals surface area contributed by atoms with Gasteiger partial charge in [-0.25, -0.2) is 9.97 Å². The number of hydrogen-bond acceptors (Lipinski definition) is 2. The van der Waals surface area contributed by atoms with Crippen LogP contribution in [0.1, 0.15) is 28.2 Å². The summed E-state index contributed by atoms with van der Waals surface area (Å²) in [6, 6.07) is 78.5. The lowest BCUT2D eigenvalue weighted by molar-refractivity contribution is 1.09. The molecule has 12 rings (SSSR count). The molecule has 0 fully saturated rings. The summed E-state index contributed by atoms with van der Waals surface area (Å²) in [7, 11) is 0. The van der Waals surface area contributed by atoms with Crippen molar-refractivity contribution < 1.29 is 0 Å². The van der Waals surface area contributed by atoms with Crippen LogP contribution in [0.3, 0.4) is 0 Å². The molecule has 0 spiro atoms. The minimum absolute atomic E-state index is 0.0356. The quantitative estimate of drug-likeness (QED) is 0.167. The van der Waals surface area contributed by atoms with E-state index in [2.05, 4.69) is 224 Å². The summed E-state index contributed by atoms with van der Waals surface area (Å²) in [6.45, 7) is 4.73. The normalized spacial score (nSPS) is 13.7. The van der Waals surface area contributed by atoms with Gasteiger partial charge >= 0.3 is 0 Å². The first-order valence-corrected chi connectivity index (χ1v) is 21.6. The molecule has 1 heterocycles. The Kier molecular flexibility index (Phi) is 8.76. The van der Waals surface area contributed by atoms with Crippen molar-refractivity contribution in [1.29, 1.82) is 0 Å². The molecular weight excluding hydrogens is 761 g/mol. The zero-order valence-electron chi connectivity index (χ0n) is 34.5. The molecule has 0 N–H and O–H groups in total. The highest BCUT2D eigenvalue weighted by atomic mass is 14.9. The zero-order valence-corrected chi connectivity index (χ0v) is 34.5. The SMILES string of the molecule is C=C1c2ccc3ccccc3c2C(c2ccccc2)=CC1c1ccc(-c2ccc(-c3cc(-c4ccc5ccccc5c4)nc(-c4ccc5ccccc5c4)n3)c3ccccc23)cc1. The van der Waals surface area contributed by atoms with Crippen molar-refractivity contribution in [2.75, 3.05) is 0 Å². The molecular formula is C61H40N2. The Morgan fingerprint density at radius 3 is 1.60 bits per heavy atom. The van der Waals surface area contributed by atoms with Gasteiger partial charge in [-0.1, -0.05) is 213 Å². The molecule has 10 aromatic carbocycles. The van der Waals surface area contributed by atoms with Crippen LogP contribution >= 0.6 is 0 Å². The van der Waals surface area contributed by atoms with Crippen molar-refractivity contribution in [3.05, 3.63) is 253 Å². The fraction of sp³-hybridized carbons (Fsp3) is 0.0164. The first-order chi connectivity index (χ1) is 31.1. The number of fused-ring (bicyclic) bond motifs is 6. The molecule has 2 heteroatoms. The van der Waals surface area contributed by atoms with E-state index in [-0.39, 0.29) is 5.92 Å². The van der Waals surface area contributed by atoms with Crippen molar-refractivity contribution in [3.8, 4) is 45.0 Å². The van der Waals surface area contributed by atoms with Crippen molar-refractivity contribution in [1.82, 2.24) is 9.97 Å². The van der Waals surface area contributed by atoms with E-state index in [0.29, 0.717) is 5.82 Å². The number of nitrogens with zero attached hydrogens (tertiary/aromatic N) is 2. The average molecular weight is 801 g/mol. The van der Waals surface area contributed by atoms with Crippen LogP contribution in [0.5, 0.6) is 0 Å². The summed E-state index contributed by atoms with van der Waals surface area (Å²) in [5, 5.41) is 9.56. The number of hydrogen-bond donors (Lipinski definition) is 0. The van der Waals surface area contributed by atoms with Crippen LogP contribution in [0.2, 0.25) is 0 Å². The van der Waals surface area contributed by atoms with E-state index in [1.54, 1.807) is 0 Å². The first-order valence-electron chi connectivity index (χ1n) is 21.6. The van der Waals surface area contributed by atoms with E-state index >= 15 is 0 Å². The van der Waals surface area contributed by atoms with Crippen LogP contribution in [0, 0.1) is 0 Å². The van der Waals surface area contributed by atoms with Gasteiger partial charge in [-0.3, -0.25) is 0 Å². The number of allylic oxidation sites excluding steroid dienone is 2. The Labute approximate surface area is 366 Å². The Morgan fingerprint density at radius 2 is 0.873 bits per heavy atom. The smallest absolute Gasteiger partial charge is 0.160 e. The fourth-order valence-corrected chi connectivity index (χ4v) is 9.69. The van der Waals surface area contributed by atoms with E-state index in [1.165, 1.54) is 65.7 Å². The molecule has 1 aromatic heterocycles. The monoisotopic (exact) mass is 800 g/mol. The van der Waals surface area contributed by atoms with Gasteiger partial charge in [-0.05, 0) is 106 Å². The maximum absolute atomic E-state index is 5.33. The molecule has 63 heavy (non-hydrogen) atoms. The number of benzene rings is 10. The molecule has 0 saturated heterocycles. The second-order valence-corrected chi connectivity index (χ2v) is 16.6. The largest absolute Gasteiger partial charge is 0.228 e. The predicted molar refractivity (Wildman–Crippen MR) is 266 cm³/mol. The molecule has 1 aliphatic rings. The van der Waals surface area contributed by atoms with Gasteiger partial charge < -0.3 is 0 Å². The van der Waals surface area contributed by atoms with Crippen molar-refractivity contribution in [2.45, 2.75) is 5.92 Å². The van der Waals surface area contributed by atoms with Crippen LogP contribution in [0.4, 0.5) is 0 Å². The van der Waals surface area contributed by atoms with Crippen molar-refractivity contribution in [3.63, 3.8) is 0 Å². The number of aromatic nitrogens is 2. The molecule has 1 aliphatic carbocycles. The molecule has 11 aromatic rings. The zero-order chi connectivity index (χ0) is 41.9. The average Bonchev–Trinajstić information content (AvgIpc) is 3.36. The molecule has 294 valence electrons. The van der Waals surface area contributed by atoms with Crippen molar-refractivity contribution >= 4 is 54.2 Å². The predicted octanol–water partition coefficient (Wildman–Crippen LogP) is 16.0. The molecule has 0 amide bonds. The van der Waals surface area contributed by atoms with Crippen LogP contribution in [-0.2, 0) is 0 Å². The minimum Gasteiger partial charge on any atom is -0.228 e. The molecule has 0 aliphatic heterocycles. The highest BCUT2D eigenvalue weighted by Crippen LogP contribution is 2.47. The third kappa shape index (κ3) is 6.43. The van der Waals surface area contributed by atoms with E-state index in [4.69, 9.17) is 16.5 Å². The standard InChI is InChI=1S/C61H40N2/c1-39-50-32-31-43-17-9-10-20-52(43)60(50)57(42-15-3-2-4-16-42)37-56(39)45-27-25-44(26-28-45)51-33-34-55(54-22-12-11-21-53(51)54)59-38-58(48-29-23-40-13-5-7-18-46(40)35-48)62-61(63-59)49-30-24-41-14-6-8-19-47(41)36-49/h2-38,56H,1H2. The first kappa shape index (κ1) is 36.6. The molecule has 0 radical (unpaired) electrons. The summed E-state index contributed by atoms with van der Waals surface area (Å²) >= 11 is 0. The minimum atomic E-state index is 0.0356. The van der Waals surface area contributed by atoms with Crippen LogP contribution in [0.25, 0.3) is 99.3 Å². The third-order valence-corrected chi connectivity index (χ3v) is 12.9. The Balaban J connectivity index is 0.955. The maximum atomic E-state index is 5.33. The molecule has 1 atom stereocenters. The van der Waals surface area contributed by atoms with Gasteiger partial charge in [-0.2, -0.15) is 0 Å². The van der Waals surface area contributed by atoms with Gasteiger partial charge in [0.1, 0.15) is 0 Å². The summed E-state index contributed by atoms with van der Waals surface area (Å²) in [5.41, 5.74) is 14.5. The highest BCUT2D eigenvalue weighted by molar-refractivity contribution is 6.07. The molecule has 1 unspecified atom stereocenters. The molecule has 0 bridgehead atoms. The van der Waals surface area contributed by atoms with Gasteiger partial charge in [-0.15, -0.1) is 0 Å². The lowest BCUT2D eigenvalue weighted by atomic mass is 9.75. The van der Waals surface area contributed by atoms with Gasteiger partial charge in [0.05, 0.1) is 11.4 Å². The van der Waals surface area contributed by atoms with Crippen LogP contribution < -0.4 is 0 Å². The topological polar surface area (TPSA) is 25.8 Å². The Morgan fingerprint density at radius 1 is 0.349 bits per heavy atom. The van der Waals surface area contributed by atoms with Gasteiger partial charge in [0, 0.05) is 22.6 Å². The summed E-state index contributed by atoms with van der Waals surface area (Å²) in [4.78, 5) is 10.6. The number of rotatable bonds is 6. The van der Waals surface area contributed by atoms with E-state index in [9.17, 15) is 0 Å². The fourth-order valence-electron chi connectivity index (χ4n) is 9.69. The van der Waals surface area contributed by atoms with Gasteiger partial charge in [0.2, 0.25) is 0 Å². The lowest BCUT2D eigenvalue weighted by Crippen LogP contribution is -2.09.